The predicted octanol–water partition coefficient (Wildman–Crippen LogP) is 2.22. The molecule has 0 bridgehead atoms. The molecule has 1 fully saturated rings. The first-order chi connectivity index (χ1) is 16.5. The van der Waals surface area contributed by atoms with E-state index in [-0.39, 0.29) is 18.0 Å². The minimum Gasteiger partial charge on any atom is -0.493 e. The van der Waals surface area contributed by atoms with Crippen LogP contribution in [-0.4, -0.2) is 71.0 Å². The van der Waals surface area contributed by atoms with Crippen molar-refractivity contribution in [2.75, 3.05) is 34.4 Å². The second-order valence-corrected chi connectivity index (χ2v) is 7.99. The summed E-state index contributed by atoms with van der Waals surface area (Å²) in [5.74, 6) is 0.436. The molecule has 1 aliphatic heterocycles. The van der Waals surface area contributed by atoms with Crippen LogP contribution in [0.4, 0.5) is 4.79 Å². The molecular weight excluding hydrogens is 462 g/mol. The van der Waals surface area contributed by atoms with Crippen LogP contribution in [0.3, 0.4) is 0 Å². The third-order valence-electron chi connectivity index (χ3n) is 5.00. The van der Waals surface area contributed by atoms with Gasteiger partial charge in [0.25, 0.3) is 17.1 Å². The number of hydrogen-bond donors (Lipinski definition) is 1. The average molecular weight is 484 g/mol. The summed E-state index contributed by atoms with van der Waals surface area (Å²) in [6.45, 7) is 0.105. The van der Waals surface area contributed by atoms with Gasteiger partial charge in [0.2, 0.25) is 5.75 Å². The Kier molecular flexibility index (Phi) is 6.68. The smallest absolute Gasteiger partial charge is 0.293 e. The molecule has 176 valence electrons. The van der Waals surface area contributed by atoms with E-state index >= 15 is 0 Å². The van der Waals surface area contributed by atoms with Gasteiger partial charge in [0.05, 0.1) is 32.4 Å². The van der Waals surface area contributed by atoms with Gasteiger partial charge in [-0.25, -0.2) is 9.50 Å². The summed E-state index contributed by atoms with van der Waals surface area (Å²) < 4.78 is 17.5. The molecule has 1 N–H and O–H groups in total. The average Bonchev–Trinajstić information content (AvgIpc) is 3.39. The lowest BCUT2D eigenvalue weighted by Gasteiger charge is -2.13. The van der Waals surface area contributed by atoms with Crippen LogP contribution in [0.5, 0.6) is 17.2 Å². The second kappa shape index (κ2) is 9.83. The zero-order valence-electron chi connectivity index (χ0n) is 18.6. The number of imide groups is 1. The molecule has 0 unspecified atom stereocenters. The molecule has 34 heavy (non-hydrogen) atoms. The molecule has 0 spiro atoms. The molecule has 1 aliphatic rings. The summed E-state index contributed by atoms with van der Waals surface area (Å²) in [5, 5.41) is 6.35. The quantitative estimate of drug-likeness (QED) is 0.480. The molecule has 0 aliphatic carbocycles. The van der Waals surface area contributed by atoms with Crippen molar-refractivity contribution in [1.29, 1.82) is 0 Å². The highest BCUT2D eigenvalue weighted by atomic mass is 32.2. The predicted molar refractivity (Wildman–Crippen MR) is 124 cm³/mol. The molecular formula is C22H21N5O6S. The number of thioether (sulfide) groups is 1. The van der Waals surface area contributed by atoms with Crippen LogP contribution < -0.4 is 19.5 Å². The number of nitrogens with one attached hydrogen (secondary N) is 1. The van der Waals surface area contributed by atoms with E-state index in [1.807, 2.05) is 0 Å². The van der Waals surface area contributed by atoms with Crippen molar-refractivity contribution in [3.8, 4) is 17.2 Å². The Labute approximate surface area is 198 Å². The van der Waals surface area contributed by atoms with Crippen molar-refractivity contribution in [1.82, 2.24) is 24.8 Å². The minimum atomic E-state index is -0.448. The Morgan fingerprint density at radius 1 is 1.15 bits per heavy atom. The van der Waals surface area contributed by atoms with Gasteiger partial charge in [-0.05, 0) is 41.6 Å². The summed E-state index contributed by atoms with van der Waals surface area (Å²) in [7, 11) is 4.48. The van der Waals surface area contributed by atoms with E-state index in [0.29, 0.717) is 34.0 Å². The molecule has 11 nitrogen and oxygen atoms in total. The monoisotopic (exact) mass is 483 g/mol. The Balaban J connectivity index is 1.44. The molecule has 3 aromatic rings. The highest BCUT2D eigenvalue weighted by molar-refractivity contribution is 8.18. The van der Waals surface area contributed by atoms with Crippen LogP contribution in [0.1, 0.15) is 15.9 Å². The number of aromatic nitrogens is 3. The summed E-state index contributed by atoms with van der Waals surface area (Å²) in [5.41, 5.74) is 1.32. The van der Waals surface area contributed by atoms with Crippen LogP contribution in [0.25, 0.3) is 11.7 Å². The van der Waals surface area contributed by atoms with Crippen molar-refractivity contribution in [3.05, 3.63) is 52.8 Å². The van der Waals surface area contributed by atoms with Crippen LogP contribution in [0.2, 0.25) is 0 Å². The third kappa shape index (κ3) is 4.39. The van der Waals surface area contributed by atoms with Crippen LogP contribution >= 0.6 is 11.8 Å². The van der Waals surface area contributed by atoms with Crippen molar-refractivity contribution < 1.29 is 28.6 Å². The van der Waals surface area contributed by atoms with Gasteiger partial charge in [0, 0.05) is 25.5 Å². The number of carbonyl (C=O) groups is 3. The summed E-state index contributed by atoms with van der Waals surface area (Å²) in [4.78, 5) is 43.2. The normalized spacial score (nSPS) is 14.7. The van der Waals surface area contributed by atoms with E-state index in [4.69, 9.17) is 14.2 Å². The number of fused-ring (bicyclic) bond motifs is 1. The molecule has 2 aromatic heterocycles. The third-order valence-corrected chi connectivity index (χ3v) is 5.91. The lowest BCUT2D eigenvalue weighted by Crippen LogP contribution is -2.37. The topological polar surface area (TPSA) is 124 Å². The Bertz CT molecular complexity index is 1280. The van der Waals surface area contributed by atoms with E-state index in [0.717, 1.165) is 16.7 Å². The van der Waals surface area contributed by atoms with E-state index in [2.05, 4.69) is 15.4 Å². The van der Waals surface area contributed by atoms with Crippen LogP contribution in [0, 0.1) is 0 Å². The fraction of sp³-hybridized carbons (Fsp3) is 0.227. The maximum absolute atomic E-state index is 12.8. The molecule has 12 heteroatoms. The number of hydrogen-bond acceptors (Lipinski definition) is 9. The Morgan fingerprint density at radius 2 is 1.88 bits per heavy atom. The maximum Gasteiger partial charge on any atom is 0.293 e. The zero-order chi connectivity index (χ0) is 24.2. The van der Waals surface area contributed by atoms with E-state index in [1.165, 1.54) is 32.0 Å². The Morgan fingerprint density at radius 3 is 2.56 bits per heavy atom. The Hall–Kier alpha value is -4.06. The highest BCUT2D eigenvalue weighted by Gasteiger charge is 2.35. The molecule has 0 saturated carbocycles. The first-order valence-electron chi connectivity index (χ1n) is 10.1. The van der Waals surface area contributed by atoms with Gasteiger partial charge in [0.15, 0.2) is 17.1 Å². The van der Waals surface area contributed by atoms with Gasteiger partial charge in [0.1, 0.15) is 5.56 Å². The van der Waals surface area contributed by atoms with Gasteiger partial charge in [-0.1, -0.05) is 0 Å². The highest BCUT2D eigenvalue weighted by Crippen LogP contribution is 2.40. The summed E-state index contributed by atoms with van der Waals surface area (Å²) in [6, 6.07) is 5.06. The molecule has 4 rings (SSSR count). The second-order valence-electron chi connectivity index (χ2n) is 6.99. The van der Waals surface area contributed by atoms with E-state index < -0.39 is 17.1 Å². The SMILES string of the molecule is COc1cc(/C=C2\SC(=O)N(CCNC(=O)c3cnn4cccnc34)C2=O)cc(OC)c1OC. The molecule has 3 heterocycles. The number of ether oxygens (including phenoxy) is 3. The molecule has 0 radical (unpaired) electrons. The molecule has 0 atom stereocenters. The number of rotatable bonds is 8. The van der Waals surface area contributed by atoms with Crippen molar-refractivity contribution in [3.63, 3.8) is 0 Å². The summed E-state index contributed by atoms with van der Waals surface area (Å²) in [6.07, 6.45) is 6.24. The zero-order valence-corrected chi connectivity index (χ0v) is 19.4. The van der Waals surface area contributed by atoms with Crippen molar-refractivity contribution >= 4 is 40.5 Å². The van der Waals surface area contributed by atoms with E-state index in [1.54, 1.807) is 36.7 Å². The fourth-order valence-electron chi connectivity index (χ4n) is 3.39. The van der Waals surface area contributed by atoms with Crippen molar-refractivity contribution in [2.24, 2.45) is 0 Å². The fourth-order valence-corrected chi connectivity index (χ4v) is 4.26. The standard InChI is InChI=1S/C22H21N5O6S/c1-31-15-9-13(10-16(32-2)18(15)33-3)11-17-21(29)26(22(30)34-17)8-6-24-20(28)14-12-25-27-7-4-5-23-19(14)27/h4-5,7,9-12H,6,8H2,1-3H3,(H,24,28)/b17-11-. The molecule has 1 saturated heterocycles. The first kappa shape index (κ1) is 23.1. The van der Waals surface area contributed by atoms with Gasteiger partial charge >= 0.3 is 0 Å². The molecule has 1 aromatic carbocycles. The van der Waals surface area contributed by atoms with Gasteiger partial charge in [-0.3, -0.25) is 19.3 Å². The summed E-state index contributed by atoms with van der Waals surface area (Å²) >= 11 is 0.822. The lowest BCUT2D eigenvalue weighted by molar-refractivity contribution is -0.122. The minimum absolute atomic E-state index is 0.0235. The van der Waals surface area contributed by atoms with Gasteiger partial charge < -0.3 is 19.5 Å². The largest absolute Gasteiger partial charge is 0.493 e. The first-order valence-corrected chi connectivity index (χ1v) is 10.9. The number of benzene rings is 1. The number of carbonyl (C=O) groups excluding carboxylic acids is 3. The number of methoxy groups -OCH3 is 3. The molecule has 3 amide bonds. The van der Waals surface area contributed by atoms with Crippen LogP contribution in [-0.2, 0) is 4.79 Å². The maximum atomic E-state index is 12.8. The number of amides is 3. The van der Waals surface area contributed by atoms with E-state index in [9.17, 15) is 14.4 Å². The van der Waals surface area contributed by atoms with Crippen LogP contribution in [0.15, 0.2) is 41.7 Å². The number of nitrogens with zero attached hydrogens (tertiary/aromatic N) is 4. The van der Waals surface area contributed by atoms with Gasteiger partial charge in [-0.2, -0.15) is 5.10 Å². The van der Waals surface area contributed by atoms with Crippen molar-refractivity contribution in [2.45, 2.75) is 0 Å². The lowest BCUT2D eigenvalue weighted by atomic mass is 10.1. The van der Waals surface area contributed by atoms with Gasteiger partial charge in [-0.15, -0.1) is 0 Å².